The molecule has 2 N–H and O–H groups in total. The molecular weight excluding hydrogens is 354 g/mol. The van der Waals surface area contributed by atoms with Gasteiger partial charge in [0.2, 0.25) is 0 Å². The summed E-state index contributed by atoms with van der Waals surface area (Å²) in [6.45, 7) is 0. The first-order valence-electron chi connectivity index (χ1n) is 6.11. The van der Waals surface area contributed by atoms with Gasteiger partial charge in [0.25, 0.3) is 5.69 Å². The van der Waals surface area contributed by atoms with Gasteiger partial charge in [-0.2, -0.15) is 5.10 Å². The van der Waals surface area contributed by atoms with Crippen LogP contribution < -0.4 is 10.2 Å². The number of hydrogen-bond donors (Lipinski definition) is 2. The van der Waals surface area contributed by atoms with E-state index in [1.807, 2.05) is 12.1 Å². The molecule has 0 saturated carbocycles. The number of rotatable bonds is 5. The molecule has 0 fully saturated rings. The van der Waals surface area contributed by atoms with E-state index in [9.17, 15) is 15.2 Å². The second-order valence-electron chi connectivity index (χ2n) is 4.22. The van der Waals surface area contributed by atoms with Gasteiger partial charge in [-0.3, -0.25) is 15.5 Å². The summed E-state index contributed by atoms with van der Waals surface area (Å²) in [6.07, 6.45) is 1.28. The molecule has 114 valence electrons. The molecule has 0 amide bonds. The molecule has 2 aromatic carbocycles. The van der Waals surface area contributed by atoms with Crippen molar-refractivity contribution in [3.8, 4) is 11.5 Å². The maximum absolute atomic E-state index is 10.9. The molecular formula is C14H12BrN3O4. The van der Waals surface area contributed by atoms with Crippen molar-refractivity contribution in [1.82, 2.24) is 0 Å². The van der Waals surface area contributed by atoms with Crippen molar-refractivity contribution in [2.45, 2.75) is 0 Å². The Balaban J connectivity index is 2.24. The average molecular weight is 366 g/mol. The zero-order valence-electron chi connectivity index (χ0n) is 11.5. The second kappa shape index (κ2) is 6.90. The molecule has 0 radical (unpaired) electrons. The van der Waals surface area contributed by atoms with Crippen LogP contribution in [0.5, 0.6) is 11.5 Å². The number of non-ortho nitro benzene ring substituents is 1. The van der Waals surface area contributed by atoms with Crippen LogP contribution in [0.25, 0.3) is 0 Å². The Morgan fingerprint density at radius 2 is 2.05 bits per heavy atom. The lowest BCUT2D eigenvalue weighted by molar-refractivity contribution is -0.385. The fraction of sp³-hybridized carbons (Fsp3) is 0.0714. The number of nitrogens with zero attached hydrogens (tertiary/aromatic N) is 2. The van der Waals surface area contributed by atoms with E-state index in [-0.39, 0.29) is 22.7 Å². The highest BCUT2D eigenvalue weighted by molar-refractivity contribution is 9.10. The van der Waals surface area contributed by atoms with Gasteiger partial charge < -0.3 is 9.84 Å². The van der Waals surface area contributed by atoms with E-state index in [0.717, 1.165) is 16.2 Å². The molecule has 0 saturated heterocycles. The molecule has 8 heteroatoms. The van der Waals surface area contributed by atoms with Gasteiger partial charge in [0.15, 0.2) is 11.5 Å². The molecule has 2 rings (SSSR count). The standard InChI is InChI=1S/C14H12BrN3O4/c1-22-13-7-12(18(20)21)6-9(14(13)19)8-16-17-11-4-2-10(15)3-5-11/h2-8,17,19H,1H3. The summed E-state index contributed by atoms with van der Waals surface area (Å²) in [5, 5.41) is 24.8. The van der Waals surface area contributed by atoms with Crippen LogP contribution in [0.1, 0.15) is 5.56 Å². The molecule has 22 heavy (non-hydrogen) atoms. The van der Waals surface area contributed by atoms with Crippen LogP contribution in [-0.2, 0) is 0 Å². The Morgan fingerprint density at radius 1 is 1.36 bits per heavy atom. The number of ether oxygens (including phenoxy) is 1. The molecule has 0 spiro atoms. The molecule has 0 aliphatic heterocycles. The predicted octanol–water partition coefficient (Wildman–Crippen LogP) is 3.52. The maximum atomic E-state index is 10.9. The largest absolute Gasteiger partial charge is 0.504 e. The quantitative estimate of drug-likeness (QED) is 0.480. The van der Waals surface area contributed by atoms with Crippen molar-refractivity contribution < 1.29 is 14.8 Å². The zero-order chi connectivity index (χ0) is 16.1. The van der Waals surface area contributed by atoms with Gasteiger partial charge in [0.05, 0.1) is 30.0 Å². The van der Waals surface area contributed by atoms with Gasteiger partial charge in [0.1, 0.15) is 0 Å². The summed E-state index contributed by atoms with van der Waals surface area (Å²) < 4.78 is 5.85. The number of hydrogen-bond acceptors (Lipinski definition) is 6. The SMILES string of the molecule is COc1cc([N+](=O)[O-])cc(C=NNc2ccc(Br)cc2)c1O. The van der Waals surface area contributed by atoms with Gasteiger partial charge in [-0.25, -0.2) is 0 Å². The second-order valence-corrected chi connectivity index (χ2v) is 5.14. The van der Waals surface area contributed by atoms with Gasteiger partial charge in [0, 0.05) is 16.1 Å². The molecule has 0 aromatic heterocycles. The van der Waals surface area contributed by atoms with E-state index >= 15 is 0 Å². The summed E-state index contributed by atoms with van der Waals surface area (Å²) in [4.78, 5) is 10.3. The van der Waals surface area contributed by atoms with Crippen LogP contribution in [0.4, 0.5) is 11.4 Å². The van der Waals surface area contributed by atoms with Crippen LogP contribution in [0.15, 0.2) is 46.0 Å². The summed E-state index contributed by atoms with van der Waals surface area (Å²) in [5.41, 5.74) is 3.48. The van der Waals surface area contributed by atoms with Crippen molar-refractivity contribution in [1.29, 1.82) is 0 Å². The molecule has 0 bridgehead atoms. The van der Waals surface area contributed by atoms with Gasteiger partial charge in [-0.1, -0.05) is 15.9 Å². The number of anilines is 1. The van der Waals surface area contributed by atoms with E-state index in [0.29, 0.717) is 0 Å². The zero-order valence-corrected chi connectivity index (χ0v) is 13.1. The predicted molar refractivity (Wildman–Crippen MR) is 86.7 cm³/mol. The molecule has 0 atom stereocenters. The number of hydrazone groups is 1. The van der Waals surface area contributed by atoms with E-state index in [4.69, 9.17) is 4.74 Å². The fourth-order valence-corrected chi connectivity index (χ4v) is 1.94. The Labute approximate surface area is 134 Å². The van der Waals surface area contributed by atoms with Gasteiger partial charge in [-0.15, -0.1) is 0 Å². The van der Waals surface area contributed by atoms with Crippen molar-refractivity contribution in [2.75, 3.05) is 12.5 Å². The molecule has 7 nitrogen and oxygen atoms in total. The van der Waals surface area contributed by atoms with Crippen LogP contribution in [0.2, 0.25) is 0 Å². The summed E-state index contributed by atoms with van der Waals surface area (Å²) in [6, 6.07) is 9.64. The maximum Gasteiger partial charge on any atom is 0.274 e. The van der Waals surface area contributed by atoms with E-state index in [2.05, 4.69) is 26.5 Å². The minimum Gasteiger partial charge on any atom is -0.504 e. The third kappa shape index (κ3) is 3.73. The molecule has 0 aliphatic rings. The normalized spacial score (nSPS) is 10.6. The number of benzene rings is 2. The Kier molecular flexibility index (Phi) is 4.95. The highest BCUT2D eigenvalue weighted by Crippen LogP contribution is 2.33. The summed E-state index contributed by atoms with van der Waals surface area (Å²) in [7, 11) is 1.32. The van der Waals surface area contributed by atoms with E-state index < -0.39 is 4.92 Å². The highest BCUT2D eigenvalue weighted by atomic mass is 79.9. The number of phenolic OH excluding ortho intramolecular Hbond substituents is 1. The van der Waals surface area contributed by atoms with E-state index in [1.54, 1.807) is 12.1 Å². The minimum atomic E-state index is -0.568. The average Bonchev–Trinajstić information content (AvgIpc) is 2.50. The number of aromatic hydroxyl groups is 1. The Hall–Kier alpha value is -2.61. The third-order valence-corrected chi connectivity index (χ3v) is 3.29. The number of methoxy groups -OCH3 is 1. The van der Waals surface area contributed by atoms with Gasteiger partial charge >= 0.3 is 0 Å². The topological polar surface area (TPSA) is 97.0 Å². The lowest BCUT2D eigenvalue weighted by Gasteiger charge is -2.06. The summed E-state index contributed by atoms with van der Waals surface area (Å²) in [5.74, 6) is -0.200. The fourth-order valence-electron chi connectivity index (χ4n) is 1.67. The van der Waals surface area contributed by atoms with Crippen molar-refractivity contribution in [3.63, 3.8) is 0 Å². The molecule has 0 unspecified atom stereocenters. The third-order valence-electron chi connectivity index (χ3n) is 2.76. The van der Waals surface area contributed by atoms with Crippen molar-refractivity contribution in [2.24, 2.45) is 5.10 Å². The molecule has 0 aliphatic carbocycles. The lowest BCUT2D eigenvalue weighted by Crippen LogP contribution is -1.96. The number of phenols is 1. The van der Waals surface area contributed by atoms with Gasteiger partial charge in [-0.05, 0) is 24.3 Å². The van der Waals surface area contributed by atoms with Crippen LogP contribution in [0.3, 0.4) is 0 Å². The Bertz CT molecular complexity index is 717. The smallest absolute Gasteiger partial charge is 0.274 e. The first kappa shape index (κ1) is 15.8. The lowest BCUT2D eigenvalue weighted by atomic mass is 10.2. The number of nitro benzene ring substituents is 1. The monoisotopic (exact) mass is 365 g/mol. The molecule has 0 heterocycles. The number of nitrogens with one attached hydrogen (secondary N) is 1. The van der Waals surface area contributed by atoms with Crippen molar-refractivity contribution in [3.05, 3.63) is 56.5 Å². The van der Waals surface area contributed by atoms with Crippen molar-refractivity contribution >= 4 is 33.5 Å². The Morgan fingerprint density at radius 3 is 2.64 bits per heavy atom. The first-order chi connectivity index (χ1) is 10.5. The summed E-state index contributed by atoms with van der Waals surface area (Å²) >= 11 is 3.32. The van der Waals surface area contributed by atoms with Crippen LogP contribution in [0, 0.1) is 10.1 Å². The van der Waals surface area contributed by atoms with Crippen LogP contribution in [-0.4, -0.2) is 23.4 Å². The first-order valence-corrected chi connectivity index (χ1v) is 6.90. The highest BCUT2D eigenvalue weighted by Gasteiger charge is 2.15. The number of nitro groups is 1. The number of halogens is 1. The van der Waals surface area contributed by atoms with Crippen LogP contribution >= 0.6 is 15.9 Å². The minimum absolute atomic E-state index is 0.0132. The van der Waals surface area contributed by atoms with E-state index in [1.165, 1.54) is 19.4 Å². The molecule has 2 aromatic rings.